The average molecular weight is 252 g/mol. The Morgan fingerprint density at radius 1 is 1.53 bits per heavy atom. The number of halogens is 3. The van der Waals surface area contributed by atoms with Gasteiger partial charge < -0.3 is 10.5 Å². The van der Waals surface area contributed by atoms with Gasteiger partial charge in [-0.15, -0.1) is 0 Å². The Balaban J connectivity index is 3.26. The molecule has 1 rings (SSSR count). The third kappa shape index (κ3) is 2.33. The molecule has 0 aliphatic heterocycles. The molecule has 0 aliphatic carbocycles. The van der Waals surface area contributed by atoms with E-state index in [1.54, 1.807) is 6.92 Å². The van der Waals surface area contributed by atoms with Gasteiger partial charge in [-0.05, 0) is 13.0 Å². The van der Waals surface area contributed by atoms with Gasteiger partial charge in [-0.3, -0.25) is 0 Å². The highest BCUT2D eigenvalue weighted by Gasteiger charge is 2.19. The molecule has 82 valence electrons. The molecule has 0 atom stereocenters. The molecule has 0 saturated carbocycles. The summed E-state index contributed by atoms with van der Waals surface area (Å²) < 4.78 is 17.8. The molecule has 3 nitrogen and oxygen atoms in total. The Bertz CT molecular complexity index is 410. The van der Waals surface area contributed by atoms with Crippen molar-refractivity contribution in [2.24, 2.45) is 0 Å². The molecule has 1 aromatic rings. The van der Waals surface area contributed by atoms with Gasteiger partial charge in [-0.1, -0.05) is 23.2 Å². The van der Waals surface area contributed by atoms with Gasteiger partial charge in [0.05, 0.1) is 22.9 Å². The maximum atomic E-state index is 13.1. The third-order valence-electron chi connectivity index (χ3n) is 1.69. The lowest BCUT2D eigenvalue weighted by Crippen LogP contribution is -2.07. The summed E-state index contributed by atoms with van der Waals surface area (Å²) in [4.78, 5) is 11.3. The summed E-state index contributed by atoms with van der Waals surface area (Å²) in [5.41, 5.74) is 5.11. The predicted molar refractivity (Wildman–Crippen MR) is 56.8 cm³/mol. The Hall–Kier alpha value is -1.00. The molecule has 0 bridgehead atoms. The van der Waals surface area contributed by atoms with E-state index in [2.05, 4.69) is 4.74 Å². The van der Waals surface area contributed by atoms with Crippen molar-refractivity contribution < 1.29 is 13.9 Å². The lowest BCUT2D eigenvalue weighted by Gasteiger charge is -2.08. The number of hydrogen-bond donors (Lipinski definition) is 1. The standard InChI is InChI=1S/C9H8Cl2FNO2/c1-2-15-9(14)4-3-5(12)7(11)8(13)6(4)10/h3H,2,13H2,1H3. The highest BCUT2D eigenvalue weighted by atomic mass is 35.5. The van der Waals surface area contributed by atoms with Crippen LogP contribution in [0.1, 0.15) is 17.3 Å². The average Bonchev–Trinajstić information content (AvgIpc) is 2.20. The van der Waals surface area contributed by atoms with Crippen LogP contribution in [0.4, 0.5) is 10.1 Å². The van der Waals surface area contributed by atoms with E-state index >= 15 is 0 Å². The molecular weight excluding hydrogens is 244 g/mol. The van der Waals surface area contributed by atoms with Crippen LogP contribution < -0.4 is 5.73 Å². The number of ether oxygens (including phenoxy) is 1. The molecule has 0 unspecified atom stereocenters. The number of carbonyl (C=O) groups excluding carboxylic acids is 1. The SMILES string of the molecule is CCOC(=O)c1cc(F)c(Cl)c(N)c1Cl. The van der Waals surface area contributed by atoms with Crippen LogP contribution in [0.3, 0.4) is 0 Å². The first-order valence-corrected chi connectivity index (χ1v) is 4.84. The van der Waals surface area contributed by atoms with E-state index in [-0.39, 0.29) is 27.9 Å². The van der Waals surface area contributed by atoms with Crippen LogP contribution >= 0.6 is 23.2 Å². The molecule has 0 aliphatic rings. The highest BCUT2D eigenvalue weighted by Crippen LogP contribution is 2.33. The zero-order valence-electron chi connectivity index (χ0n) is 7.81. The van der Waals surface area contributed by atoms with E-state index in [4.69, 9.17) is 28.9 Å². The molecule has 6 heteroatoms. The van der Waals surface area contributed by atoms with Crippen LogP contribution in [0.2, 0.25) is 10.0 Å². The van der Waals surface area contributed by atoms with Crippen LogP contribution in [0.15, 0.2) is 6.07 Å². The van der Waals surface area contributed by atoms with Crippen molar-refractivity contribution in [3.63, 3.8) is 0 Å². The number of esters is 1. The lowest BCUT2D eigenvalue weighted by molar-refractivity contribution is 0.0526. The fourth-order valence-corrected chi connectivity index (χ4v) is 1.40. The lowest BCUT2D eigenvalue weighted by atomic mass is 10.2. The van der Waals surface area contributed by atoms with Crippen LogP contribution in [0.25, 0.3) is 0 Å². The van der Waals surface area contributed by atoms with Crippen molar-refractivity contribution in [1.82, 2.24) is 0 Å². The molecule has 2 N–H and O–H groups in total. The first-order valence-electron chi connectivity index (χ1n) is 4.09. The maximum Gasteiger partial charge on any atom is 0.339 e. The van der Waals surface area contributed by atoms with Gasteiger partial charge in [-0.2, -0.15) is 0 Å². The molecular formula is C9H8Cl2FNO2. The van der Waals surface area contributed by atoms with Gasteiger partial charge in [0.25, 0.3) is 0 Å². The quantitative estimate of drug-likeness (QED) is 0.500. The minimum atomic E-state index is -0.804. The molecule has 0 saturated heterocycles. The Morgan fingerprint density at radius 3 is 2.67 bits per heavy atom. The topological polar surface area (TPSA) is 52.3 Å². The van der Waals surface area contributed by atoms with E-state index in [9.17, 15) is 9.18 Å². The molecule has 0 heterocycles. The van der Waals surface area contributed by atoms with Gasteiger partial charge in [-0.25, -0.2) is 9.18 Å². The van der Waals surface area contributed by atoms with Crippen LogP contribution in [0.5, 0.6) is 0 Å². The summed E-state index contributed by atoms with van der Waals surface area (Å²) >= 11 is 11.2. The molecule has 15 heavy (non-hydrogen) atoms. The Kier molecular flexibility index (Phi) is 3.77. The second-order valence-corrected chi connectivity index (χ2v) is 3.42. The molecule has 0 aromatic heterocycles. The predicted octanol–water partition coefficient (Wildman–Crippen LogP) is 2.89. The van der Waals surface area contributed by atoms with Crippen molar-refractivity contribution in [3.05, 3.63) is 27.5 Å². The van der Waals surface area contributed by atoms with Gasteiger partial charge in [0, 0.05) is 0 Å². The number of carbonyl (C=O) groups is 1. The van der Waals surface area contributed by atoms with E-state index < -0.39 is 11.8 Å². The second kappa shape index (κ2) is 4.68. The molecule has 0 radical (unpaired) electrons. The number of nitrogens with two attached hydrogens (primary N) is 1. The number of benzene rings is 1. The fourth-order valence-electron chi connectivity index (χ4n) is 0.981. The molecule has 0 amide bonds. The van der Waals surface area contributed by atoms with Gasteiger partial charge >= 0.3 is 5.97 Å². The first kappa shape index (κ1) is 12.1. The number of anilines is 1. The minimum Gasteiger partial charge on any atom is -0.462 e. The summed E-state index contributed by atoms with van der Waals surface area (Å²) in [5, 5.41) is -0.395. The first-order chi connectivity index (χ1) is 6.99. The summed E-state index contributed by atoms with van der Waals surface area (Å²) in [7, 11) is 0. The second-order valence-electron chi connectivity index (χ2n) is 2.67. The van der Waals surface area contributed by atoms with Crippen LogP contribution in [0, 0.1) is 5.82 Å². The summed E-state index contributed by atoms with van der Waals surface area (Å²) in [6, 6.07) is 0.902. The van der Waals surface area contributed by atoms with Gasteiger partial charge in [0.2, 0.25) is 0 Å². The number of nitrogen functional groups attached to an aromatic ring is 1. The zero-order chi connectivity index (χ0) is 11.6. The zero-order valence-corrected chi connectivity index (χ0v) is 9.32. The smallest absolute Gasteiger partial charge is 0.339 e. The number of rotatable bonds is 2. The van der Waals surface area contributed by atoms with Gasteiger partial charge in [0.15, 0.2) is 0 Å². The van der Waals surface area contributed by atoms with E-state index in [0.29, 0.717) is 0 Å². The monoisotopic (exact) mass is 251 g/mol. The third-order valence-corrected chi connectivity index (χ3v) is 2.48. The van der Waals surface area contributed by atoms with Crippen molar-refractivity contribution in [2.75, 3.05) is 12.3 Å². The largest absolute Gasteiger partial charge is 0.462 e. The minimum absolute atomic E-state index is 0.0974. The summed E-state index contributed by atoms with van der Waals surface area (Å²) in [6.45, 7) is 1.79. The Labute approximate surface area is 95.9 Å². The molecule has 0 fully saturated rings. The van der Waals surface area contributed by atoms with Gasteiger partial charge in [0.1, 0.15) is 10.8 Å². The van der Waals surface area contributed by atoms with Crippen LogP contribution in [-0.2, 0) is 4.74 Å². The molecule has 1 aromatic carbocycles. The normalized spacial score (nSPS) is 10.1. The van der Waals surface area contributed by atoms with Crippen molar-refractivity contribution in [1.29, 1.82) is 0 Å². The summed E-state index contributed by atoms with van der Waals surface area (Å²) in [6.07, 6.45) is 0. The maximum absolute atomic E-state index is 13.1. The van der Waals surface area contributed by atoms with E-state index in [1.807, 2.05) is 0 Å². The van der Waals surface area contributed by atoms with Crippen molar-refractivity contribution in [2.45, 2.75) is 6.92 Å². The number of hydrogen-bond acceptors (Lipinski definition) is 3. The van der Waals surface area contributed by atoms with Crippen LogP contribution in [-0.4, -0.2) is 12.6 Å². The van der Waals surface area contributed by atoms with E-state index in [1.165, 1.54) is 0 Å². The molecule has 0 spiro atoms. The highest BCUT2D eigenvalue weighted by molar-refractivity contribution is 6.40. The Morgan fingerprint density at radius 2 is 2.13 bits per heavy atom. The fraction of sp³-hybridized carbons (Fsp3) is 0.222. The van der Waals surface area contributed by atoms with Crippen molar-refractivity contribution in [3.8, 4) is 0 Å². The van der Waals surface area contributed by atoms with Crippen molar-refractivity contribution >= 4 is 34.9 Å². The summed E-state index contributed by atoms with van der Waals surface area (Å²) in [5.74, 6) is -1.54. The van der Waals surface area contributed by atoms with E-state index in [0.717, 1.165) is 6.07 Å².